The van der Waals surface area contributed by atoms with Crippen LogP contribution in [0.4, 0.5) is 11.4 Å². The maximum atomic E-state index is 12.3. The highest BCUT2D eigenvalue weighted by molar-refractivity contribution is 9.10. The van der Waals surface area contributed by atoms with Gasteiger partial charge >= 0.3 is 0 Å². The lowest BCUT2D eigenvalue weighted by molar-refractivity contribution is 0.600. The SMILES string of the molecule is CN(C)c1cccc(NS(=O)(=O)c2cnc(Cl)c(Br)c2)c1. The third kappa shape index (κ3) is 3.87. The van der Waals surface area contributed by atoms with Gasteiger partial charge in [0.25, 0.3) is 10.0 Å². The molecule has 21 heavy (non-hydrogen) atoms. The van der Waals surface area contributed by atoms with Gasteiger partial charge in [-0.25, -0.2) is 13.4 Å². The maximum absolute atomic E-state index is 12.3. The van der Waals surface area contributed by atoms with Crippen molar-refractivity contribution in [1.29, 1.82) is 0 Å². The van der Waals surface area contributed by atoms with Gasteiger partial charge in [-0.15, -0.1) is 0 Å². The highest BCUT2D eigenvalue weighted by atomic mass is 79.9. The fourth-order valence-corrected chi connectivity index (χ4v) is 3.24. The second kappa shape index (κ2) is 6.21. The summed E-state index contributed by atoms with van der Waals surface area (Å²) in [7, 11) is 0.0508. The lowest BCUT2D eigenvalue weighted by Crippen LogP contribution is -2.14. The normalized spacial score (nSPS) is 11.2. The Morgan fingerprint density at radius 2 is 2.00 bits per heavy atom. The van der Waals surface area contributed by atoms with Crippen LogP contribution in [0.5, 0.6) is 0 Å². The van der Waals surface area contributed by atoms with E-state index in [2.05, 4.69) is 25.6 Å². The molecule has 1 aromatic carbocycles. The zero-order chi connectivity index (χ0) is 15.6. The van der Waals surface area contributed by atoms with Gasteiger partial charge in [0.1, 0.15) is 10.0 Å². The Balaban J connectivity index is 2.33. The van der Waals surface area contributed by atoms with Crippen LogP contribution in [0, 0.1) is 0 Å². The Morgan fingerprint density at radius 3 is 2.62 bits per heavy atom. The van der Waals surface area contributed by atoms with Gasteiger partial charge in [-0.3, -0.25) is 4.72 Å². The van der Waals surface area contributed by atoms with Crippen molar-refractivity contribution in [3.63, 3.8) is 0 Å². The quantitative estimate of drug-likeness (QED) is 0.813. The van der Waals surface area contributed by atoms with Crippen molar-refractivity contribution in [2.24, 2.45) is 0 Å². The molecule has 2 rings (SSSR count). The molecule has 0 bridgehead atoms. The fraction of sp³-hybridized carbons (Fsp3) is 0.154. The summed E-state index contributed by atoms with van der Waals surface area (Å²) in [4.78, 5) is 5.75. The molecular formula is C13H13BrClN3O2S. The first-order valence-electron chi connectivity index (χ1n) is 5.91. The predicted molar refractivity (Wildman–Crippen MR) is 88.5 cm³/mol. The summed E-state index contributed by atoms with van der Waals surface area (Å²) >= 11 is 8.93. The minimum atomic E-state index is -3.71. The Morgan fingerprint density at radius 1 is 1.29 bits per heavy atom. The summed E-state index contributed by atoms with van der Waals surface area (Å²) in [5.41, 5.74) is 1.37. The van der Waals surface area contributed by atoms with E-state index >= 15 is 0 Å². The van der Waals surface area contributed by atoms with Crippen molar-refractivity contribution in [1.82, 2.24) is 4.98 Å². The molecule has 0 aliphatic rings. The number of anilines is 2. The topological polar surface area (TPSA) is 62.3 Å². The molecule has 1 heterocycles. The number of pyridine rings is 1. The van der Waals surface area contributed by atoms with Crippen molar-refractivity contribution < 1.29 is 8.42 Å². The van der Waals surface area contributed by atoms with Crippen molar-refractivity contribution in [3.05, 3.63) is 46.2 Å². The largest absolute Gasteiger partial charge is 0.378 e. The Labute approximate surface area is 137 Å². The predicted octanol–water partition coefficient (Wildman–Crippen LogP) is 3.36. The van der Waals surface area contributed by atoms with Crippen molar-refractivity contribution >= 4 is 48.9 Å². The summed E-state index contributed by atoms with van der Waals surface area (Å²) in [5, 5.41) is 0.212. The van der Waals surface area contributed by atoms with Crippen LogP contribution in [0.15, 0.2) is 45.9 Å². The average Bonchev–Trinajstić information content (AvgIpc) is 2.41. The molecule has 1 aromatic heterocycles. The van der Waals surface area contributed by atoms with Crippen LogP contribution < -0.4 is 9.62 Å². The van der Waals surface area contributed by atoms with E-state index in [1.807, 2.05) is 25.1 Å². The monoisotopic (exact) mass is 389 g/mol. The first-order valence-corrected chi connectivity index (χ1v) is 8.56. The number of halogens is 2. The van der Waals surface area contributed by atoms with Gasteiger partial charge in [-0.2, -0.15) is 0 Å². The van der Waals surface area contributed by atoms with E-state index in [1.165, 1.54) is 12.3 Å². The van der Waals surface area contributed by atoms with E-state index in [0.717, 1.165) is 5.69 Å². The highest BCUT2D eigenvalue weighted by Crippen LogP contribution is 2.25. The molecule has 0 saturated carbocycles. The molecule has 8 heteroatoms. The number of hydrogen-bond donors (Lipinski definition) is 1. The molecule has 0 aliphatic carbocycles. The zero-order valence-electron chi connectivity index (χ0n) is 11.3. The van der Waals surface area contributed by atoms with Crippen LogP contribution in [-0.2, 0) is 10.0 Å². The van der Waals surface area contributed by atoms with E-state index in [9.17, 15) is 8.42 Å². The Bertz CT molecular complexity index is 766. The molecule has 0 saturated heterocycles. The first kappa shape index (κ1) is 16.1. The van der Waals surface area contributed by atoms with E-state index < -0.39 is 10.0 Å². The van der Waals surface area contributed by atoms with Crippen LogP contribution in [-0.4, -0.2) is 27.5 Å². The van der Waals surface area contributed by atoms with E-state index in [4.69, 9.17) is 11.6 Å². The summed E-state index contributed by atoms with van der Waals surface area (Å²) in [6.07, 6.45) is 1.21. The molecule has 0 aliphatic heterocycles. The third-order valence-electron chi connectivity index (χ3n) is 2.70. The summed E-state index contributed by atoms with van der Waals surface area (Å²) in [5.74, 6) is 0. The van der Waals surface area contributed by atoms with E-state index in [-0.39, 0.29) is 10.0 Å². The fourth-order valence-electron chi connectivity index (χ4n) is 1.61. The molecule has 2 aromatic rings. The lowest BCUT2D eigenvalue weighted by atomic mass is 10.3. The lowest BCUT2D eigenvalue weighted by Gasteiger charge is -2.14. The van der Waals surface area contributed by atoms with Gasteiger partial charge in [-0.05, 0) is 40.2 Å². The molecule has 1 N–H and O–H groups in total. The van der Waals surface area contributed by atoms with Gasteiger partial charge in [0.15, 0.2) is 0 Å². The van der Waals surface area contributed by atoms with Gasteiger partial charge in [-0.1, -0.05) is 17.7 Å². The standard InChI is InChI=1S/C13H13BrClN3O2S/c1-18(2)10-5-3-4-9(6-10)17-21(19,20)11-7-12(14)13(15)16-8-11/h3-8,17H,1-2H3. The van der Waals surface area contributed by atoms with E-state index in [1.54, 1.807) is 18.2 Å². The van der Waals surface area contributed by atoms with Crippen molar-refractivity contribution in [2.75, 3.05) is 23.7 Å². The number of nitrogens with one attached hydrogen (secondary N) is 1. The first-order chi connectivity index (χ1) is 9.79. The summed E-state index contributed by atoms with van der Waals surface area (Å²) < 4.78 is 27.6. The van der Waals surface area contributed by atoms with Crippen LogP contribution in [0.25, 0.3) is 0 Å². The molecule has 112 valence electrons. The number of hydrogen-bond acceptors (Lipinski definition) is 4. The molecule has 0 fully saturated rings. The van der Waals surface area contributed by atoms with Crippen LogP contribution >= 0.6 is 27.5 Å². The van der Waals surface area contributed by atoms with E-state index in [0.29, 0.717) is 10.2 Å². The van der Waals surface area contributed by atoms with Crippen molar-refractivity contribution in [2.45, 2.75) is 4.90 Å². The summed E-state index contributed by atoms with van der Waals surface area (Å²) in [6, 6.07) is 8.51. The Kier molecular flexibility index (Phi) is 4.75. The Hall–Kier alpha value is -1.31. The van der Waals surface area contributed by atoms with Crippen LogP contribution in [0.1, 0.15) is 0 Å². The minimum absolute atomic E-state index is 0.0361. The molecule has 5 nitrogen and oxygen atoms in total. The van der Waals surface area contributed by atoms with Gasteiger partial charge in [0, 0.05) is 26.0 Å². The molecule has 0 radical (unpaired) electrons. The maximum Gasteiger partial charge on any atom is 0.263 e. The number of benzene rings is 1. The van der Waals surface area contributed by atoms with Crippen molar-refractivity contribution in [3.8, 4) is 0 Å². The molecule has 0 amide bonds. The van der Waals surface area contributed by atoms with Gasteiger partial charge in [0.2, 0.25) is 0 Å². The number of sulfonamides is 1. The highest BCUT2D eigenvalue weighted by Gasteiger charge is 2.16. The molecule has 0 unspecified atom stereocenters. The van der Waals surface area contributed by atoms with Crippen LogP contribution in [0.2, 0.25) is 5.15 Å². The molecule has 0 spiro atoms. The second-order valence-corrected chi connectivity index (χ2v) is 7.39. The van der Waals surface area contributed by atoms with Gasteiger partial charge < -0.3 is 4.90 Å². The number of rotatable bonds is 4. The number of nitrogens with zero attached hydrogens (tertiary/aromatic N) is 2. The molecule has 0 atom stereocenters. The molecular weight excluding hydrogens is 378 g/mol. The number of aromatic nitrogens is 1. The summed E-state index contributed by atoms with van der Waals surface area (Å²) in [6.45, 7) is 0. The zero-order valence-corrected chi connectivity index (χ0v) is 14.5. The third-order valence-corrected chi connectivity index (χ3v) is 5.18. The second-order valence-electron chi connectivity index (χ2n) is 4.49. The van der Waals surface area contributed by atoms with Crippen LogP contribution in [0.3, 0.4) is 0 Å². The van der Waals surface area contributed by atoms with Gasteiger partial charge in [0.05, 0.1) is 10.2 Å². The average molecular weight is 391 g/mol. The minimum Gasteiger partial charge on any atom is -0.378 e. The smallest absolute Gasteiger partial charge is 0.263 e.